The van der Waals surface area contributed by atoms with Crippen LogP contribution in [0, 0.1) is 0 Å². The first-order valence-electron chi connectivity index (χ1n) is 4.87. The maximum atomic E-state index is 11.3. The first-order chi connectivity index (χ1) is 7.36. The topological polar surface area (TPSA) is 68.1 Å². The van der Waals surface area contributed by atoms with Crippen molar-refractivity contribution in [2.75, 3.05) is 14.1 Å². The summed E-state index contributed by atoms with van der Waals surface area (Å²) in [5.41, 5.74) is 0. The minimum atomic E-state index is -3.83. The van der Waals surface area contributed by atoms with Crippen molar-refractivity contribution in [3.63, 3.8) is 0 Å². The Morgan fingerprint density at radius 2 is 2.00 bits per heavy atom. The van der Waals surface area contributed by atoms with Crippen molar-refractivity contribution < 1.29 is 8.42 Å². The van der Waals surface area contributed by atoms with Gasteiger partial charge in [-0.05, 0) is 20.5 Å². The lowest BCUT2D eigenvalue weighted by atomic mass is 10.4. The predicted molar refractivity (Wildman–Crippen MR) is 60.7 cm³/mol. The van der Waals surface area contributed by atoms with Gasteiger partial charge >= 0.3 is 0 Å². The highest BCUT2D eigenvalue weighted by molar-refractivity contribution is 8.13. The number of rotatable bonds is 5. The van der Waals surface area contributed by atoms with Crippen LogP contribution in [0.5, 0.6) is 0 Å². The molecule has 0 N–H and O–H groups in total. The van der Waals surface area contributed by atoms with E-state index in [9.17, 15) is 8.42 Å². The molecule has 1 rings (SSSR count). The summed E-state index contributed by atoms with van der Waals surface area (Å²) in [6, 6.07) is 0. The van der Waals surface area contributed by atoms with E-state index in [-0.39, 0.29) is 5.16 Å². The third-order valence-corrected chi connectivity index (χ3v) is 3.07. The first-order valence-corrected chi connectivity index (χ1v) is 7.18. The average molecular weight is 267 g/mol. The minimum Gasteiger partial charge on any atom is -0.302 e. The molecule has 0 atom stereocenters. The zero-order chi connectivity index (χ0) is 12.3. The summed E-state index contributed by atoms with van der Waals surface area (Å²) in [6.07, 6.45) is 0.790. The highest BCUT2D eigenvalue weighted by Crippen LogP contribution is 2.15. The van der Waals surface area contributed by atoms with Gasteiger partial charge in [-0.2, -0.15) is 0 Å². The highest BCUT2D eigenvalue weighted by atomic mass is 35.7. The summed E-state index contributed by atoms with van der Waals surface area (Å²) < 4.78 is 24.1. The Kier molecular flexibility index (Phi) is 4.28. The Hall–Kier alpha value is -0.660. The summed E-state index contributed by atoms with van der Waals surface area (Å²) in [5, 5.41) is 7.30. The number of nitrogens with zero attached hydrogens (tertiary/aromatic N) is 4. The van der Waals surface area contributed by atoms with Crippen LogP contribution in [-0.4, -0.2) is 42.2 Å². The molecule has 0 saturated carbocycles. The van der Waals surface area contributed by atoms with Crippen LogP contribution in [0.2, 0.25) is 0 Å². The van der Waals surface area contributed by atoms with E-state index in [1.165, 1.54) is 0 Å². The third-order valence-electron chi connectivity index (χ3n) is 1.92. The van der Waals surface area contributed by atoms with Crippen LogP contribution in [0.15, 0.2) is 5.16 Å². The van der Waals surface area contributed by atoms with Gasteiger partial charge in [0.15, 0.2) is 0 Å². The molecule has 6 nitrogen and oxygen atoms in total. The quantitative estimate of drug-likeness (QED) is 0.733. The summed E-state index contributed by atoms with van der Waals surface area (Å²) in [7, 11) is 5.21. The molecule has 1 aromatic heterocycles. The van der Waals surface area contributed by atoms with E-state index in [2.05, 4.69) is 10.2 Å². The summed E-state index contributed by atoms with van der Waals surface area (Å²) >= 11 is 0. The molecule has 0 fully saturated rings. The monoisotopic (exact) mass is 266 g/mol. The normalized spacial score (nSPS) is 12.3. The summed E-state index contributed by atoms with van der Waals surface area (Å²) in [5.74, 6) is 0.603. The Bertz CT molecular complexity index is 455. The SMILES string of the molecule is CCCn1c(CN(C)C)nnc1S(=O)(=O)Cl. The van der Waals surface area contributed by atoms with Crippen LogP contribution in [0.1, 0.15) is 19.2 Å². The van der Waals surface area contributed by atoms with Gasteiger partial charge in [0.05, 0.1) is 6.54 Å². The lowest BCUT2D eigenvalue weighted by Gasteiger charge is -2.11. The molecule has 0 aliphatic heterocycles. The molecule has 0 aromatic carbocycles. The maximum absolute atomic E-state index is 11.3. The second kappa shape index (κ2) is 5.11. The molecule has 0 spiro atoms. The number of hydrogen-bond donors (Lipinski definition) is 0. The molecule has 16 heavy (non-hydrogen) atoms. The fourth-order valence-electron chi connectivity index (χ4n) is 1.35. The lowest BCUT2D eigenvalue weighted by molar-refractivity contribution is 0.376. The van der Waals surface area contributed by atoms with E-state index in [4.69, 9.17) is 10.7 Å². The van der Waals surface area contributed by atoms with Gasteiger partial charge in [-0.3, -0.25) is 4.57 Å². The highest BCUT2D eigenvalue weighted by Gasteiger charge is 2.22. The molecule has 0 bridgehead atoms. The van der Waals surface area contributed by atoms with Gasteiger partial charge in [0.2, 0.25) is 0 Å². The molecule has 0 unspecified atom stereocenters. The lowest BCUT2D eigenvalue weighted by Crippen LogP contribution is -2.17. The van der Waals surface area contributed by atoms with Crippen molar-refractivity contribution in [1.29, 1.82) is 0 Å². The van der Waals surface area contributed by atoms with Gasteiger partial charge in [0.1, 0.15) is 5.82 Å². The van der Waals surface area contributed by atoms with Crippen molar-refractivity contribution in [1.82, 2.24) is 19.7 Å². The third kappa shape index (κ3) is 3.16. The van der Waals surface area contributed by atoms with Gasteiger partial charge in [-0.15, -0.1) is 10.2 Å². The van der Waals surface area contributed by atoms with E-state index >= 15 is 0 Å². The zero-order valence-corrected chi connectivity index (χ0v) is 11.1. The molecular weight excluding hydrogens is 252 g/mol. The van der Waals surface area contributed by atoms with Gasteiger partial charge in [0, 0.05) is 17.2 Å². The summed E-state index contributed by atoms with van der Waals surface area (Å²) in [6.45, 7) is 3.01. The number of aromatic nitrogens is 3. The Balaban J connectivity index is 3.17. The van der Waals surface area contributed by atoms with Crippen molar-refractivity contribution in [2.24, 2.45) is 0 Å². The van der Waals surface area contributed by atoms with Crippen LogP contribution in [0.4, 0.5) is 0 Å². The molecule has 0 aliphatic carbocycles. The molecule has 1 aromatic rings. The molecule has 8 heteroatoms. The molecule has 92 valence electrons. The Morgan fingerprint density at radius 3 is 2.44 bits per heavy atom. The van der Waals surface area contributed by atoms with Gasteiger partial charge in [0.25, 0.3) is 14.2 Å². The number of halogens is 1. The smallest absolute Gasteiger partial charge is 0.296 e. The first kappa shape index (κ1) is 13.4. The molecular formula is C8H15ClN4O2S. The van der Waals surface area contributed by atoms with Gasteiger partial charge < -0.3 is 4.90 Å². The Labute approximate surface area is 99.6 Å². The second-order valence-corrected chi connectivity index (χ2v) is 6.19. The van der Waals surface area contributed by atoms with Crippen molar-refractivity contribution >= 4 is 19.7 Å². The van der Waals surface area contributed by atoms with Crippen molar-refractivity contribution in [3.8, 4) is 0 Å². The van der Waals surface area contributed by atoms with E-state index in [1.54, 1.807) is 4.57 Å². The summed E-state index contributed by atoms with van der Waals surface area (Å²) in [4.78, 5) is 1.89. The molecule has 0 aliphatic rings. The number of hydrogen-bond acceptors (Lipinski definition) is 5. The standard InChI is InChI=1S/C8H15ClN4O2S/c1-4-5-13-7(6-12(2)3)10-11-8(13)16(9,14)15/h4-6H2,1-3H3. The van der Waals surface area contributed by atoms with Crippen LogP contribution in [-0.2, 0) is 22.1 Å². The van der Waals surface area contributed by atoms with E-state index in [1.807, 2.05) is 25.9 Å². The largest absolute Gasteiger partial charge is 0.302 e. The minimum absolute atomic E-state index is 0.173. The maximum Gasteiger partial charge on any atom is 0.296 e. The fraction of sp³-hybridized carbons (Fsp3) is 0.750. The van der Waals surface area contributed by atoms with Crippen LogP contribution in [0.25, 0.3) is 0 Å². The van der Waals surface area contributed by atoms with Crippen LogP contribution >= 0.6 is 10.7 Å². The van der Waals surface area contributed by atoms with Crippen LogP contribution < -0.4 is 0 Å². The van der Waals surface area contributed by atoms with E-state index < -0.39 is 9.05 Å². The fourth-order valence-corrected chi connectivity index (χ4v) is 2.29. The van der Waals surface area contributed by atoms with Crippen LogP contribution in [0.3, 0.4) is 0 Å². The van der Waals surface area contributed by atoms with Gasteiger partial charge in [-0.25, -0.2) is 8.42 Å². The molecule has 1 heterocycles. The second-order valence-electron chi connectivity index (χ2n) is 3.73. The predicted octanol–water partition coefficient (Wildman–Crippen LogP) is 0.677. The molecule has 0 amide bonds. The van der Waals surface area contributed by atoms with E-state index in [0.29, 0.717) is 18.9 Å². The average Bonchev–Trinajstić information content (AvgIpc) is 2.47. The van der Waals surface area contributed by atoms with E-state index in [0.717, 1.165) is 6.42 Å². The van der Waals surface area contributed by atoms with Gasteiger partial charge in [-0.1, -0.05) is 6.92 Å². The van der Waals surface area contributed by atoms with Crippen molar-refractivity contribution in [2.45, 2.75) is 31.6 Å². The molecule has 0 radical (unpaired) electrons. The Morgan fingerprint density at radius 1 is 1.38 bits per heavy atom. The van der Waals surface area contributed by atoms with Crippen molar-refractivity contribution in [3.05, 3.63) is 5.82 Å². The molecule has 0 saturated heterocycles. The zero-order valence-electron chi connectivity index (χ0n) is 9.51.